The van der Waals surface area contributed by atoms with Gasteiger partial charge in [0.1, 0.15) is 17.5 Å². The van der Waals surface area contributed by atoms with Crippen molar-refractivity contribution < 1.29 is 14.3 Å². The number of carbonyl (C=O) groups is 1. The molecule has 2 N–H and O–H groups in total. The molecule has 1 aromatic heterocycles. The first kappa shape index (κ1) is 27.3. The molecule has 2 heterocycles. The minimum Gasteiger partial charge on any atom is -0.495 e. The van der Waals surface area contributed by atoms with Gasteiger partial charge in [-0.3, -0.25) is 4.79 Å². The van der Waals surface area contributed by atoms with E-state index in [4.69, 9.17) is 19.6 Å². The fourth-order valence-electron chi connectivity index (χ4n) is 4.56. The van der Waals surface area contributed by atoms with Crippen LogP contribution in [0.25, 0.3) is 0 Å². The topological polar surface area (TPSA) is 90.3 Å². The van der Waals surface area contributed by atoms with Crippen molar-refractivity contribution in [2.45, 2.75) is 43.6 Å². The van der Waals surface area contributed by atoms with Gasteiger partial charge in [-0.2, -0.15) is 4.98 Å². The molecular formula is C31H33N5O3S. The van der Waals surface area contributed by atoms with Crippen LogP contribution in [0.3, 0.4) is 0 Å². The lowest BCUT2D eigenvalue weighted by Gasteiger charge is -2.29. The summed E-state index contributed by atoms with van der Waals surface area (Å²) in [6.45, 7) is 4.66. The number of aromatic nitrogens is 3. The number of unbranched alkanes of at least 4 members (excludes halogenated alkanes) is 1. The Morgan fingerprint density at radius 3 is 2.67 bits per heavy atom. The van der Waals surface area contributed by atoms with Crippen LogP contribution in [0, 0.1) is 0 Å². The molecule has 206 valence electrons. The van der Waals surface area contributed by atoms with E-state index < -0.39 is 6.04 Å². The van der Waals surface area contributed by atoms with Crippen molar-refractivity contribution in [1.82, 2.24) is 14.8 Å². The number of methoxy groups -OCH3 is 1. The SMILES string of the molecule is CCCCOc1cccc(C2C(C(=O)Nc3ccccc3OC)=C(C)Nc3nc(SCc4ccccc4)nn32)c1. The summed E-state index contributed by atoms with van der Waals surface area (Å²) in [6.07, 6.45) is 2.02. The highest BCUT2D eigenvalue weighted by molar-refractivity contribution is 7.98. The van der Waals surface area contributed by atoms with Crippen LogP contribution in [0.4, 0.5) is 11.6 Å². The maximum absolute atomic E-state index is 13.9. The number of fused-ring (bicyclic) bond motifs is 1. The molecule has 0 radical (unpaired) electrons. The molecule has 1 unspecified atom stereocenters. The van der Waals surface area contributed by atoms with Gasteiger partial charge in [0, 0.05) is 11.4 Å². The third-order valence-corrected chi connectivity index (χ3v) is 7.49. The van der Waals surface area contributed by atoms with E-state index in [1.165, 1.54) is 5.56 Å². The molecule has 1 atom stereocenters. The summed E-state index contributed by atoms with van der Waals surface area (Å²) in [4.78, 5) is 18.7. The summed E-state index contributed by atoms with van der Waals surface area (Å²) in [5, 5.41) is 11.8. The first-order valence-corrected chi connectivity index (χ1v) is 14.3. The standard InChI is InChI=1S/C31H33N5O3S/c1-4-5-18-39-24-15-11-14-23(19-24)28-27(29(37)33-25-16-9-10-17-26(25)38-3)21(2)32-30-34-31(35-36(28)30)40-20-22-12-7-6-8-13-22/h6-17,19,28H,4-5,18,20H2,1-3H3,(H,33,37)(H,32,34,35). The number of nitrogens with one attached hydrogen (secondary N) is 2. The Kier molecular flexibility index (Phi) is 8.71. The number of thioether (sulfide) groups is 1. The van der Waals surface area contributed by atoms with Gasteiger partial charge in [-0.1, -0.05) is 79.7 Å². The summed E-state index contributed by atoms with van der Waals surface area (Å²) in [5.74, 6) is 2.41. The maximum Gasteiger partial charge on any atom is 0.255 e. The Bertz CT molecular complexity index is 1500. The largest absolute Gasteiger partial charge is 0.495 e. The molecular weight excluding hydrogens is 522 g/mol. The number of rotatable bonds is 11. The Balaban J connectivity index is 1.50. The average Bonchev–Trinajstić information content (AvgIpc) is 3.38. The lowest BCUT2D eigenvalue weighted by atomic mass is 9.94. The minimum atomic E-state index is -0.515. The molecule has 0 bridgehead atoms. The summed E-state index contributed by atoms with van der Waals surface area (Å²) in [5.41, 5.74) is 3.90. The van der Waals surface area contributed by atoms with Gasteiger partial charge in [-0.05, 0) is 48.7 Å². The Labute approximate surface area is 238 Å². The third kappa shape index (κ3) is 6.15. The quantitative estimate of drug-likeness (QED) is 0.157. The third-order valence-electron chi connectivity index (χ3n) is 6.58. The van der Waals surface area contributed by atoms with Crippen LogP contribution in [0.5, 0.6) is 11.5 Å². The van der Waals surface area contributed by atoms with Crippen molar-refractivity contribution in [1.29, 1.82) is 0 Å². The summed E-state index contributed by atoms with van der Waals surface area (Å²) < 4.78 is 13.3. The number of benzene rings is 3. The van der Waals surface area contributed by atoms with E-state index in [-0.39, 0.29) is 5.91 Å². The first-order valence-electron chi connectivity index (χ1n) is 13.4. The van der Waals surface area contributed by atoms with Crippen molar-refractivity contribution in [3.05, 3.63) is 101 Å². The average molecular weight is 556 g/mol. The minimum absolute atomic E-state index is 0.253. The Morgan fingerprint density at radius 2 is 1.88 bits per heavy atom. The number of anilines is 2. The van der Waals surface area contributed by atoms with E-state index in [1.807, 2.05) is 73.7 Å². The van der Waals surface area contributed by atoms with E-state index in [2.05, 4.69) is 29.7 Å². The van der Waals surface area contributed by atoms with Crippen molar-refractivity contribution in [3.8, 4) is 11.5 Å². The van der Waals surface area contributed by atoms with E-state index in [0.29, 0.717) is 40.4 Å². The van der Waals surface area contributed by atoms with Crippen molar-refractivity contribution in [2.24, 2.45) is 0 Å². The molecule has 0 fully saturated rings. The lowest BCUT2D eigenvalue weighted by Crippen LogP contribution is -2.31. The fraction of sp³-hybridized carbons (Fsp3) is 0.258. The Morgan fingerprint density at radius 1 is 1.07 bits per heavy atom. The zero-order chi connectivity index (χ0) is 27.9. The molecule has 1 aliphatic heterocycles. The van der Waals surface area contributed by atoms with Crippen LogP contribution in [0.2, 0.25) is 0 Å². The number of para-hydroxylation sites is 2. The molecule has 8 nitrogen and oxygen atoms in total. The van der Waals surface area contributed by atoms with Crippen molar-refractivity contribution in [2.75, 3.05) is 24.4 Å². The smallest absolute Gasteiger partial charge is 0.255 e. The highest BCUT2D eigenvalue weighted by atomic mass is 32.2. The number of amides is 1. The van der Waals surface area contributed by atoms with Gasteiger partial charge in [0.15, 0.2) is 0 Å². The number of hydrogen-bond donors (Lipinski definition) is 2. The van der Waals surface area contributed by atoms with Gasteiger partial charge in [-0.25, -0.2) is 4.68 Å². The molecule has 9 heteroatoms. The van der Waals surface area contributed by atoms with Crippen molar-refractivity contribution in [3.63, 3.8) is 0 Å². The first-order chi connectivity index (χ1) is 19.6. The monoisotopic (exact) mass is 555 g/mol. The second-order valence-electron chi connectivity index (χ2n) is 9.43. The van der Waals surface area contributed by atoms with E-state index >= 15 is 0 Å². The van der Waals surface area contributed by atoms with Gasteiger partial charge < -0.3 is 20.1 Å². The molecule has 1 aliphatic rings. The van der Waals surface area contributed by atoms with Crippen LogP contribution < -0.4 is 20.1 Å². The predicted octanol–water partition coefficient (Wildman–Crippen LogP) is 6.69. The summed E-state index contributed by atoms with van der Waals surface area (Å²) in [6, 6.07) is 24.9. The second-order valence-corrected chi connectivity index (χ2v) is 10.4. The molecule has 0 aliphatic carbocycles. The van der Waals surface area contributed by atoms with E-state index in [0.717, 1.165) is 29.9 Å². The summed E-state index contributed by atoms with van der Waals surface area (Å²) in [7, 11) is 1.58. The summed E-state index contributed by atoms with van der Waals surface area (Å²) >= 11 is 1.56. The van der Waals surface area contributed by atoms with Crippen LogP contribution in [-0.4, -0.2) is 34.4 Å². The van der Waals surface area contributed by atoms with Crippen molar-refractivity contribution >= 4 is 29.3 Å². The zero-order valence-electron chi connectivity index (χ0n) is 22.9. The molecule has 1 amide bonds. The number of carbonyl (C=O) groups excluding carboxylic acids is 1. The molecule has 5 rings (SSSR count). The van der Waals surface area contributed by atoms with Crippen LogP contribution in [-0.2, 0) is 10.5 Å². The van der Waals surface area contributed by atoms with E-state index in [1.54, 1.807) is 23.6 Å². The van der Waals surface area contributed by atoms with Gasteiger partial charge in [0.2, 0.25) is 11.1 Å². The van der Waals surface area contributed by atoms with Crippen LogP contribution >= 0.6 is 11.8 Å². The fourth-order valence-corrected chi connectivity index (χ4v) is 5.35. The molecule has 4 aromatic rings. The van der Waals surface area contributed by atoms with Crippen LogP contribution in [0.15, 0.2) is 95.3 Å². The van der Waals surface area contributed by atoms with Gasteiger partial charge in [-0.15, -0.1) is 5.10 Å². The van der Waals surface area contributed by atoms with Gasteiger partial charge >= 0.3 is 0 Å². The molecule has 0 spiro atoms. The highest BCUT2D eigenvalue weighted by Crippen LogP contribution is 2.38. The maximum atomic E-state index is 13.9. The van der Waals surface area contributed by atoms with Gasteiger partial charge in [0.05, 0.1) is 25.0 Å². The number of nitrogens with zero attached hydrogens (tertiary/aromatic N) is 3. The highest BCUT2D eigenvalue weighted by Gasteiger charge is 2.35. The lowest BCUT2D eigenvalue weighted by molar-refractivity contribution is -0.113. The van der Waals surface area contributed by atoms with Gasteiger partial charge in [0.25, 0.3) is 5.91 Å². The number of ether oxygens (including phenoxy) is 2. The second kappa shape index (κ2) is 12.7. The number of allylic oxidation sites excluding steroid dienone is 1. The molecule has 40 heavy (non-hydrogen) atoms. The Hall–Kier alpha value is -4.24. The normalized spacial score (nSPS) is 14.3. The van der Waals surface area contributed by atoms with E-state index in [9.17, 15) is 4.79 Å². The number of hydrogen-bond acceptors (Lipinski definition) is 7. The molecule has 3 aromatic carbocycles. The zero-order valence-corrected chi connectivity index (χ0v) is 23.7. The molecule has 0 saturated carbocycles. The molecule has 0 saturated heterocycles. The van der Waals surface area contributed by atoms with Crippen LogP contribution in [0.1, 0.15) is 43.9 Å². The predicted molar refractivity (Wildman–Crippen MR) is 159 cm³/mol.